The fourth-order valence-electron chi connectivity index (χ4n) is 3.80. The van der Waals surface area contributed by atoms with Crippen molar-refractivity contribution in [1.82, 2.24) is 29.9 Å². The monoisotopic (exact) mass is 437 g/mol. The molecule has 2 aliphatic heterocycles. The molecular weight excluding hydrogens is 402 g/mol. The zero-order chi connectivity index (χ0) is 21.3. The summed E-state index contributed by atoms with van der Waals surface area (Å²) < 4.78 is 7.35. The number of thioether (sulfide) groups is 1. The number of carbonyl (C=O) groups is 1. The van der Waals surface area contributed by atoms with Gasteiger partial charge in [0, 0.05) is 45.7 Å². The highest BCUT2D eigenvalue weighted by atomic mass is 32.2. The molecule has 0 saturated carbocycles. The normalized spacial score (nSPS) is 18.7. The molecule has 10 heteroatoms. The van der Waals surface area contributed by atoms with E-state index in [9.17, 15) is 4.79 Å². The molecule has 2 aliphatic rings. The van der Waals surface area contributed by atoms with E-state index in [0.29, 0.717) is 25.7 Å². The molecule has 0 radical (unpaired) electrons. The first kappa shape index (κ1) is 22.9. The van der Waals surface area contributed by atoms with Crippen molar-refractivity contribution in [3.8, 4) is 0 Å². The second-order valence-electron chi connectivity index (χ2n) is 7.83. The van der Waals surface area contributed by atoms with E-state index >= 15 is 0 Å². The maximum absolute atomic E-state index is 12.8. The molecule has 0 aliphatic carbocycles. The molecule has 0 aromatic carbocycles. The number of aliphatic imine (C=N–C) groups is 1. The lowest BCUT2D eigenvalue weighted by Crippen LogP contribution is -2.50. The molecule has 0 spiro atoms. The maximum Gasteiger partial charge on any atom is 0.225 e. The summed E-state index contributed by atoms with van der Waals surface area (Å²) in [4.78, 5) is 21.9. The van der Waals surface area contributed by atoms with Crippen molar-refractivity contribution in [2.24, 2.45) is 18.0 Å². The maximum atomic E-state index is 12.8. The molecule has 1 aromatic rings. The Morgan fingerprint density at radius 3 is 2.57 bits per heavy atom. The van der Waals surface area contributed by atoms with Crippen LogP contribution in [0.15, 0.2) is 4.99 Å². The molecule has 0 unspecified atom stereocenters. The minimum atomic E-state index is 0.110. The van der Waals surface area contributed by atoms with Crippen LogP contribution in [0.2, 0.25) is 0 Å². The minimum Gasteiger partial charge on any atom is -0.378 e. The van der Waals surface area contributed by atoms with Crippen LogP contribution in [0.25, 0.3) is 0 Å². The largest absolute Gasteiger partial charge is 0.378 e. The Labute approximate surface area is 183 Å². The van der Waals surface area contributed by atoms with E-state index in [1.165, 1.54) is 0 Å². The number of carbonyl (C=O) groups excluding carboxylic acids is 1. The van der Waals surface area contributed by atoms with Crippen LogP contribution in [-0.4, -0.2) is 94.4 Å². The molecular formula is C20H35N7O2S. The summed E-state index contributed by atoms with van der Waals surface area (Å²) in [7, 11) is 1.97. The van der Waals surface area contributed by atoms with Crippen molar-refractivity contribution in [3.05, 3.63) is 11.6 Å². The Morgan fingerprint density at radius 2 is 1.93 bits per heavy atom. The smallest absolute Gasteiger partial charge is 0.225 e. The number of piperidine rings is 1. The number of hydrogen-bond donors (Lipinski definition) is 1. The number of amides is 1. The predicted molar refractivity (Wildman–Crippen MR) is 120 cm³/mol. The molecule has 2 fully saturated rings. The number of hydrogen-bond acceptors (Lipinski definition) is 6. The lowest BCUT2D eigenvalue weighted by atomic mass is 9.95. The van der Waals surface area contributed by atoms with Crippen LogP contribution in [0.5, 0.6) is 0 Å². The molecule has 2 saturated heterocycles. The van der Waals surface area contributed by atoms with Gasteiger partial charge in [-0.2, -0.15) is 11.8 Å². The lowest BCUT2D eigenvalue weighted by molar-refractivity contribution is -0.140. The summed E-state index contributed by atoms with van der Waals surface area (Å²) >= 11 is 1.85. The molecule has 1 amide bonds. The number of morpholine rings is 1. The molecule has 3 heterocycles. The minimum absolute atomic E-state index is 0.110. The van der Waals surface area contributed by atoms with E-state index in [4.69, 9.17) is 9.73 Å². The van der Waals surface area contributed by atoms with E-state index < -0.39 is 0 Å². The molecule has 1 N–H and O–H groups in total. The zero-order valence-electron chi connectivity index (χ0n) is 18.5. The topological polar surface area (TPSA) is 87.9 Å². The Morgan fingerprint density at radius 1 is 1.20 bits per heavy atom. The molecule has 0 bridgehead atoms. The van der Waals surface area contributed by atoms with Gasteiger partial charge in [-0.3, -0.25) is 4.79 Å². The number of aromatic nitrogens is 3. The van der Waals surface area contributed by atoms with E-state index in [-0.39, 0.29) is 5.92 Å². The first-order valence-electron chi connectivity index (χ1n) is 10.8. The van der Waals surface area contributed by atoms with Gasteiger partial charge >= 0.3 is 0 Å². The van der Waals surface area contributed by atoms with Crippen molar-refractivity contribution >= 4 is 23.6 Å². The standard InChI is InChI=1S/C20H35N7O2S/c1-16-23-24-18(25(16)2)15-22-20(21-7-4-14-30-3)27-8-5-17(6-9-27)19(28)26-10-12-29-13-11-26/h17H,4-15H2,1-3H3,(H,21,22). The number of rotatable bonds is 7. The predicted octanol–water partition coefficient (Wildman–Crippen LogP) is 0.893. The van der Waals surface area contributed by atoms with Gasteiger partial charge in [0.15, 0.2) is 11.8 Å². The summed E-state index contributed by atoms with van der Waals surface area (Å²) in [5.41, 5.74) is 0. The van der Waals surface area contributed by atoms with E-state index in [2.05, 4.69) is 26.7 Å². The summed E-state index contributed by atoms with van der Waals surface area (Å²) in [6, 6.07) is 0. The van der Waals surface area contributed by atoms with Gasteiger partial charge < -0.3 is 24.4 Å². The molecule has 3 rings (SSSR count). The quantitative estimate of drug-likeness (QED) is 0.385. The fourth-order valence-corrected chi connectivity index (χ4v) is 4.23. The van der Waals surface area contributed by atoms with Crippen molar-refractivity contribution < 1.29 is 9.53 Å². The Kier molecular flexibility index (Phi) is 8.80. The second kappa shape index (κ2) is 11.5. The summed E-state index contributed by atoms with van der Waals surface area (Å²) in [5, 5.41) is 11.9. The summed E-state index contributed by atoms with van der Waals surface area (Å²) in [5.74, 6) is 4.18. The number of nitrogens with zero attached hydrogens (tertiary/aromatic N) is 6. The molecule has 9 nitrogen and oxygen atoms in total. The van der Waals surface area contributed by atoms with Crippen molar-refractivity contribution in [1.29, 1.82) is 0 Å². The van der Waals surface area contributed by atoms with E-state index in [0.717, 1.165) is 75.3 Å². The number of guanidine groups is 1. The van der Waals surface area contributed by atoms with Gasteiger partial charge in [-0.05, 0) is 38.2 Å². The highest BCUT2D eigenvalue weighted by molar-refractivity contribution is 7.98. The molecule has 168 valence electrons. The first-order chi connectivity index (χ1) is 14.6. The van der Waals surface area contributed by atoms with Crippen LogP contribution < -0.4 is 5.32 Å². The number of nitrogens with one attached hydrogen (secondary N) is 1. The third-order valence-electron chi connectivity index (χ3n) is 5.83. The zero-order valence-corrected chi connectivity index (χ0v) is 19.3. The van der Waals surface area contributed by atoms with Gasteiger partial charge in [-0.25, -0.2) is 4.99 Å². The van der Waals surface area contributed by atoms with Crippen molar-refractivity contribution in [2.45, 2.75) is 32.7 Å². The van der Waals surface area contributed by atoms with Gasteiger partial charge in [0.1, 0.15) is 12.4 Å². The highest BCUT2D eigenvalue weighted by Crippen LogP contribution is 2.20. The number of aryl methyl sites for hydroxylation is 1. The van der Waals surface area contributed by atoms with Gasteiger partial charge in [0.2, 0.25) is 5.91 Å². The fraction of sp³-hybridized carbons (Fsp3) is 0.800. The lowest BCUT2D eigenvalue weighted by Gasteiger charge is -2.36. The van der Waals surface area contributed by atoms with E-state index in [1.807, 2.05) is 35.2 Å². The number of ether oxygens (including phenoxy) is 1. The molecule has 0 atom stereocenters. The first-order valence-corrected chi connectivity index (χ1v) is 12.2. The SMILES string of the molecule is CSCCCNC(=NCc1nnc(C)n1C)N1CCC(C(=O)N2CCOCC2)CC1. The van der Waals surface area contributed by atoms with E-state index in [1.54, 1.807) is 0 Å². The van der Waals surface area contributed by atoms with Crippen molar-refractivity contribution in [2.75, 3.05) is 57.9 Å². The number of likely N-dealkylation sites (tertiary alicyclic amines) is 1. The van der Waals surface area contributed by atoms with Gasteiger partial charge in [-0.15, -0.1) is 10.2 Å². The second-order valence-corrected chi connectivity index (χ2v) is 8.82. The Balaban J connectivity index is 1.58. The summed E-state index contributed by atoms with van der Waals surface area (Å²) in [6.07, 6.45) is 4.95. The van der Waals surface area contributed by atoms with Crippen LogP contribution in [0.1, 0.15) is 30.9 Å². The van der Waals surface area contributed by atoms with Crippen LogP contribution in [0.4, 0.5) is 0 Å². The average Bonchev–Trinajstić information content (AvgIpc) is 3.11. The van der Waals surface area contributed by atoms with Crippen LogP contribution in [0, 0.1) is 12.8 Å². The summed E-state index contributed by atoms with van der Waals surface area (Å²) in [6.45, 7) is 7.77. The highest BCUT2D eigenvalue weighted by Gasteiger charge is 2.30. The third kappa shape index (κ3) is 6.10. The Hall–Kier alpha value is -1.81. The van der Waals surface area contributed by atoms with Gasteiger partial charge in [0.05, 0.1) is 13.2 Å². The molecule has 1 aromatic heterocycles. The average molecular weight is 438 g/mol. The van der Waals surface area contributed by atoms with Gasteiger partial charge in [-0.1, -0.05) is 0 Å². The van der Waals surface area contributed by atoms with Crippen LogP contribution in [-0.2, 0) is 23.1 Å². The van der Waals surface area contributed by atoms with Gasteiger partial charge in [0.25, 0.3) is 0 Å². The van der Waals surface area contributed by atoms with Crippen molar-refractivity contribution in [3.63, 3.8) is 0 Å². The third-order valence-corrected chi connectivity index (χ3v) is 6.52. The Bertz CT molecular complexity index is 710. The van der Waals surface area contributed by atoms with Crippen LogP contribution >= 0.6 is 11.8 Å². The van der Waals surface area contributed by atoms with Crippen LogP contribution in [0.3, 0.4) is 0 Å². The molecule has 30 heavy (non-hydrogen) atoms.